The van der Waals surface area contributed by atoms with Gasteiger partial charge >= 0.3 is 0 Å². The molecule has 0 spiro atoms. The molecule has 0 aliphatic carbocycles. The number of aromatic nitrogens is 3. The van der Waals surface area contributed by atoms with Crippen LogP contribution in [-0.2, 0) is 0 Å². The van der Waals surface area contributed by atoms with Gasteiger partial charge in [-0.25, -0.2) is 4.98 Å². The Kier molecular flexibility index (Phi) is 3.00. The third-order valence-electron chi connectivity index (χ3n) is 4.29. The van der Waals surface area contributed by atoms with Crippen LogP contribution in [0, 0.1) is 0 Å². The zero-order valence-electron chi connectivity index (χ0n) is 12.1. The van der Waals surface area contributed by atoms with Gasteiger partial charge in [0.15, 0.2) is 0 Å². The number of hydrogen-bond donors (Lipinski definition) is 2. The van der Waals surface area contributed by atoms with E-state index in [1.165, 1.54) is 22.9 Å². The van der Waals surface area contributed by atoms with E-state index in [2.05, 4.69) is 44.2 Å². The highest BCUT2D eigenvalue weighted by Gasteiger charge is 2.24. The Balaban J connectivity index is 1.82. The Morgan fingerprint density at radius 2 is 2.33 bits per heavy atom. The van der Waals surface area contributed by atoms with E-state index in [-0.39, 0.29) is 0 Å². The van der Waals surface area contributed by atoms with Crippen molar-refractivity contribution in [3.05, 3.63) is 30.7 Å². The largest absolute Gasteiger partial charge is 0.369 e. The maximum atomic E-state index is 4.48. The summed E-state index contributed by atoms with van der Waals surface area (Å²) in [4.78, 5) is 14.5. The number of fused-ring (bicyclic) bond motifs is 3. The first-order valence-corrected chi connectivity index (χ1v) is 7.55. The van der Waals surface area contributed by atoms with E-state index in [0.717, 1.165) is 30.8 Å². The van der Waals surface area contributed by atoms with Crippen molar-refractivity contribution >= 4 is 27.6 Å². The Morgan fingerprint density at radius 3 is 3.24 bits per heavy atom. The van der Waals surface area contributed by atoms with E-state index in [9.17, 15) is 0 Å². The minimum Gasteiger partial charge on any atom is -0.369 e. The lowest BCUT2D eigenvalue weighted by atomic mass is 10.2. The van der Waals surface area contributed by atoms with Crippen molar-refractivity contribution in [2.75, 3.05) is 24.5 Å². The quantitative estimate of drug-likeness (QED) is 0.773. The molecule has 1 atom stereocenters. The van der Waals surface area contributed by atoms with Gasteiger partial charge in [0.05, 0.1) is 17.1 Å². The lowest BCUT2D eigenvalue weighted by Gasteiger charge is -2.20. The predicted molar refractivity (Wildman–Crippen MR) is 85.7 cm³/mol. The summed E-state index contributed by atoms with van der Waals surface area (Å²) in [6.07, 6.45) is 6.80. The van der Waals surface area contributed by atoms with Crippen LogP contribution in [0.2, 0.25) is 0 Å². The van der Waals surface area contributed by atoms with Gasteiger partial charge < -0.3 is 15.2 Å². The lowest BCUT2D eigenvalue weighted by Crippen LogP contribution is -2.32. The summed E-state index contributed by atoms with van der Waals surface area (Å²) < 4.78 is 0. The molecule has 0 amide bonds. The smallest absolute Gasteiger partial charge is 0.140 e. The SMILES string of the molecule is CCN[C@H]1CCN(c2ccnc3[nH]c4cnccc4c23)C1. The molecular weight excluding hydrogens is 262 g/mol. The van der Waals surface area contributed by atoms with Crippen molar-refractivity contribution in [1.29, 1.82) is 0 Å². The Morgan fingerprint density at radius 1 is 1.38 bits per heavy atom. The molecule has 0 radical (unpaired) electrons. The van der Waals surface area contributed by atoms with Crippen molar-refractivity contribution in [3.63, 3.8) is 0 Å². The molecule has 5 nitrogen and oxygen atoms in total. The van der Waals surface area contributed by atoms with Crippen molar-refractivity contribution in [2.24, 2.45) is 0 Å². The van der Waals surface area contributed by atoms with E-state index >= 15 is 0 Å². The molecule has 3 aromatic heterocycles. The highest BCUT2D eigenvalue weighted by Crippen LogP contribution is 2.33. The zero-order chi connectivity index (χ0) is 14.2. The van der Waals surface area contributed by atoms with Crippen LogP contribution in [0.1, 0.15) is 13.3 Å². The van der Waals surface area contributed by atoms with Gasteiger partial charge in [0.2, 0.25) is 0 Å². The highest BCUT2D eigenvalue weighted by atomic mass is 15.2. The second-order valence-corrected chi connectivity index (χ2v) is 5.59. The molecule has 0 unspecified atom stereocenters. The van der Waals surface area contributed by atoms with Crippen LogP contribution in [0.5, 0.6) is 0 Å². The lowest BCUT2D eigenvalue weighted by molar-refractivity contribution is 0.572. The summed E-state index contributed by atoms with van der Waals surface area (Å²) >= 11 is 0. The van der Waals surface area contributed by atoms with Crippen LogP contribution in [0.3, 0.4) is 0 Å². The van der Waals surface area contributed by atoms with Crippen LogP contribution < -0.4 is 10.2 Å². The van der Waals surface area contributed by atoms with E-state index in [1.807, 2.05) is 18.6 Å². The predicted octanol–water partition coefficient (Wildman–Crippen LogP) is 2.30. The first kappa shape index (κ1) is 12.6. The molecule has 0 aromatic carbocycles. The molecule has 4 rings (SSSR count). The standard InChI is InChI=1S/C16H19N5/c1-2-18-11-5-8-21(10-11)14-4-7-19-16-15(14)12-3-6-17-9-13(12)20-16/h3-4,6-7,9,11,18H,2,5,8,10H2,1H3,(H,19,20)/t11-/m0/s1. The number of pyridine rings is 2. The number of anilines is 1. The number of nitrogens with zero attached hydrogens (tertiary/aromatic N) is 3. The third kappa shape index (κ3) is 2.05. The molecule has 0 saturated carbocycles. The fraction of sp³-hybridized carbons (Fsp3) is 0.375. The number of likely N-dealkylation sites (N-methyl/N-ethyl adjacent to an activating group) is 1. The van der Waals surface area contributed by atoms with Gasteiger partial charge in [-0.05, 0) is 25.1 Å². The second-order valence-electron chi connectivity index (χ2n) is 5.59. The molecule has 1 saturated heterocycles. The van der Waals surface area contributed by atoms with Gasteiger partial charge in [-0.1, -0.05) is 6.92 Å². The van der Waals surface area contributed by atoms with Gasteiger partial charge in [-0.15, -0.1) is 0 Å². The van der Waals surface area contributed by atoms with Gasteiger partial charge in [0.25, 0.3) is 0 Å². The fourth-order valence-electron chi connectivity index (χ4n) is 3.35. The fourth-order valence-corrected chi connectivity index (χ4v) is 3.35. The van der Waals surface area contributed by atoms with Gasteiger partial charge in [-0.2, -0.15) is 0 Å². The van der Waals surface area contributed by atoms with E-state index in [4.69, 9.17) is 0 Å². The molecule has 4 heterocycles. The van der Waals surface area contributed by atoms with Crippen molar-refractivity contribution in [3.8, 4) is 0 Å². The molecule has 0 bridgehead atoms. The van der Waals surface area contributed by atoms with Gasteiger partial charge in [0.1, 0.15) is 5.65 Å². The maximum absolute atomic E-state index is 4.48. The molecule has 21 heavy (non-hydrogen) atoms. The van der Waals surface area contributed by atoms with Crippen molar-refractivity contribution < 1.29 is 0 Å². The Bertz CT molecular complexity index is 779. The van der Waals surface area contributed by atoms with Crippen LogP contribution >= 0.6 is 0 Å². The number of aromatic amines is 1. The summed E-state index contributed by atoms with van der Waals surface area (Å²) in [6.45, 7) is 5.35. The van der Waals surface area contributed by atoms with Crippen molar-refractivity contribution in [2.45, 2.75) is 19.4 Å². The topological polar surface area (TPSA) is 56.8 Å². The molecule has 2 N–H and O–H groups in total. The minimum absolute atomic E-state index is 0.588. The Hall–Kier alpha value is -2.14. The molecular formula is C16H19N5. The monoisotopic (exact) mass is 281 g/mol. The molecule has 1 fully saturated rings. The van der Waals surface area contributed by atoms with E-state index < -0.39 is 0 Å². The van der Waals surface area contributed by atoms with Crippen molar-refractivity contribution in [1.82, 2.24) is 20.3 Å². The number of hydrogen-bond acceptors (Lipinski definition) is 4. The summed E-state index contributed by atoms with van der Waals surface area (Å²) in [7, 11) is 0. The molecule has 1 aliphatic rings. The average molecular weight is 281 g/mol. The highest BCUT2D eigenvalue weighted by molar-refractivity contribution is 6.11. The van der Waals surface area contributed by atoms with E-state index in [0.29, 0.717) is 6.04 Å². The first-order valence-electron chi connectivity index (χ1n) is 7.55. The minimum atomic E-state index is 0.588. The number of rotatable bonds is 3. The summed E-state index contributed by atoms with van der Waals surface area (Å²) in [5.41, 5.74) is 3.27. The van der Waals surface area contributed by atoms with Gasteiger partial charge in [0, 0.05) is 42.6 Å². The molecule has 5 heteroatoms. The summed E-state index contributed by atoms with van der Waals surface area (Å²) in [5.74, 6) is 0. The maximum Gasteiger partial charge on any atom is 0.140 e. The van der Waals surface area contributed by atoms with Crippen LogP contribution in [-0.4, -0.2) is 40.6 Å². The second kappa shape index (κ2) is 5.00. The molecule has 1 aliphatic heterocycles. The van der Waals surface area contributed by atoms with Crippen LogP contribution in [0.4, 0.5) is 5.69 Å². The molecule has 3 aromatic rings. The summed E-state index contributed by atoms with van der Waals surface area (Å²) in [6, 6.07) is 4.78. The third-order valence-corrected chi connectivity index (χ3v) is 4.29. The van der Waals surface area contributed by atoms with E-state index in [1.54, 1.807) is 0 Å². The normalized spacial score (nSPS) is 18.9. The van der Waals surface area contributed by atoms with Crippen LogP contribution in [0.15, 0.2) is 30.7 Å². The molecule has 108 valence electrons. The van der Waals surface area contributed by atoms with Gasteiger partial charge in [-0.3, -0.25) is 4.98 Å². The van der Waals surface area contributed by atoms with Crippen LogP contribution in [0.25, 0.3) is 21.9 Å². The number of nitrogens with one attached hydrogen (secondary N) is 2. The average Bonchev–Trinajstić information content (AvgIpc) is 3.11. The zero-order valence-corrected chi connectivity index (χ0v) is 12.1. The first-order chi connectivity index (χ1) is 10.4. The Labute approximate surface area is 123 Å². The number of H-pyrrole nitrogens is 1. The summed E-state index contributed by atoms with van der Waals surface area (Å²) in [5, 5.41) is 5.97.